The zero-order valence-corrected chi connectivity index (χ0v) is 16.5. The van der Waals surface area contributed by atoms with E-state index in [9.17, 15) is 12.8 Å². The van der Waals surface area contributed by atoms with Crippen LogP contribution in [0.2, 0.25) is 0 Å². The molecule has 1 aromatic carbocycles. The molecule has 1 aliphatic rings. The van der Waals surface area contributed by atoms with E-state index in [1.165, 1.54) is 25.6 Å². The lowest BCUT2D eigenvalue weighted by molar-refractivity contribution is 0.349. The van der Waals surface area contributed by atoms with Crippen LogP contribution in [0.25, 0.3) is 0 Å². The SMILES string of the molecule is COc1cc(F)c(S(=O)(=O)NC2(c3nc(C)cs3)CCCC2)cc1OC. The van der Waals surface area contributed by atoms with Gasteiger partial charge in [-0.25, -0.2) is 17.8 Å². The Morgan fingerprint density at radius 3 is 2.35 bits per heavy atom. The number of aromatic nitrogens is 1. The molecule has 1 saturated carbocycles. The molecular formula is C17H21FN2O4S2. The van der Waals surface area contributed by atoms with E-state index in [-0.39, 0.29) is 11.5 Å². The van der Waals surface area contributed by atoms with Gasteiger partial charge in [-0.05, 0) is 19.8 Å². The molecule has 0 radical (unpaired) electrons. The maximum Gasteiger partial charge on any atom is 0.244 e. The number of rotatable bonds is 6. The summed E-state index contributed by atoms with van der Waals surface area (Å²) in [5.41, 5.74) is 0.0462. The van der Waals surface area contributed by atoms with E-state index in [2.05, 4.69) is 9.71 Å². The van der Waals surface area contributed by atoms with Gasteiger partial charge in [0.25, 0.3) is 0 Å². The fourth-order valence-corrected chi connectivity index (χ4v) is 5.85. The zero-order valence-electron chi connectivity index (χ0n) is 14.8. The highest BCUT2D eigenvalue weighted by Gasteiger charge is 2.42. The molecule has 9 heteroatoms. The molecule has 3 rings (SSSR count). The van der Waals surface area contributed by atoms with Gasteiger partial charge < -0.3 is 9.47 Å². The zero-order chi connectivity index (χ0) is 18.9. The largest absolute Gasteiger partial charge is 0.493 e. The summed E-state index contributed by atoms with van der Waals surface area (Å²) in [6.07, 6.45) is 3.04. The molecule has 0 unspecified atom stereocenters. The van der Waals surface area contributed by atoms with Crippen molar-refractivity contribution in [3.05, 3.63) is 34.0 Å². The van der Waals surface area contributed by atoms with Crippen LogP contribution in [0.5, 0.6) is 11.5 Å². The maximum absolute atomic E-state index is 14.5. The number of hydrogen-bond donors (Lipinski definition) is 1. The highest BCUT2D eigenvalue weighted by atomic mass is 32.2. The number of ether oxygens (including phenoxy) is 2. The van der Waals surface area contributed by atoms with E-state index in [0.29, 0.717) is 12.8 Å². The molecule has 2 aromatic rings. The average molecular weight is 400 g/mol. The molecule has 1 N–H and O–H groups in total. The van der Waals surface area contributed by atoms with Crippen LogP contribution in [0.3, 0.4) is 0 Å². The Hall–Kier alpha value is -1.71. The highest BCUT2D eigenvalue weighted by Crippen LogP contribution is 2.42. The van der Waals surface area contributed by atoms with Crippen molar-refractivity contribution in [1.29, 1.82) is 0 Å². The van der Waals surface area contributed by atoms with Gasteiger partial charge in [-0.1, -0.05) is 12.8 Å². The van der Waals surface area contributed by atoms with Gasteiger partial charge in [-0.15, -0.1) is 11.3 Å². The summed E-state index contributed by atoms with van der Waals surface area (Å²) in [7, 11) is -1.39. The summed E-state index contributed by atoms with van der Waals surface area (Å²) < 4.78 is 53.3. The number of aryl methyl sites for hydroxylation is 1. The first-order valence-corrected chi connectivity index (χ1v) is 10.6. The minimum atomic E-state index is -4.12. The Balaban J connectivity index is 2.03. The summed E-state index contributed by atoms with van der Waals surface area (Å²) in [4.78, 5) is 4.02. The lowest BCUT2D eigenvalue weighted by Gasteiger charge is -2.28. The number of methoxy groups -OCH3 is 2. The predicted molar refractivity (Wildman–Crippen MR) is 96.8 cm³/mol. The Morgan fingerprint density at radius 2 is 1.81 bits per heavy atom. The summed E-state index contributed by atoms with van der Waals surface area (Å²) in [6.45, 7) is 1.87. The van der Waals surface area contributed by atoms with Gasteiger partial charge in [0.05, 0.1) is 19.8 Å². The number of nitrogens with zero attached hydrogens (tertiary/aromatic N) is 1. The van der Waals surface area contributed by atoms with E-state index in [1.54, 1.807) is 0 Å². The monoisotopic (exact) mass is 400 g/mol. The minimum absolute atomic E-state index is 0.134. The first-order valence-electron chi connectivity index (χ1n) is 8.19. The van der Waals surface area contributed by atoms with E-state index in [4.69, 9.17) is 9.47 Å². The van der Waals surface area contributed by atoms with Crippen LogP contribution >= 0.6 is 11.3 Å². The van der Waals surface area contributed by atoms with E-state index < -0.39 is 26.3 Å². The van der Waals surface area contributed by atoms with Crippen molar-refractivity contribution in [2.45, 2.75) is 43.0 Å². The minimum Gasteiger partial charge on any atom is -0.493 e. The molecule has 1 fully saturated rings. The highest BCUT2D eigenvalue weighted by molar-refractivity contribution is 7.89. The van der Waals surface area contributed by atoms with E-state index in [0.717, 1.165) is 35.7 Å². The fourth-order valence-electron chi connectivity index (χ4n) is 3.27. The third kappa shape index (κ3) is 3.43. The van der Waals surface area contributed by atoms with Crippen molar-refractivity contribution < 1.29 is 22.3 Å². The summed E-state index contributed by atoms with van der Waals surface area (Å²) in [5, 5.41) is 2.61. The van der Waals surface area contributed by atoms with Crippen LogP contribution in [-0.4, -0.2) is 27.6 Å². The number of nitrogens with one attached hydrogen (secondary N) is 1. The molecule has 0 amide bonds. The van der Waals surface area contributed by atoms with Crippen LogP contribution in [0.15, 0.2) is 22.4 Å². The van der Waals surface area contributed by atoms with E-state index >= 15 is 0 Å². The van der Waals surface area contributed by atoms with Crippen molar-refractivity contribution in [3.8, 4) is 11.5 Å². The Morgan fingerprint density at radius 1 is 1.19 bits per heavy atom. The smallest absolute Gasteiger partial charge is 0.244 e. The van der Waals surface area contributed by atoms with Crippen molar-refractivity contribution >= 4 is 21.4 Å². The molecule has 0 atom stereocenters. The molecule has 6 nitrogen and oxygen atoms in total. The van der Waals surface area contributed by atoms with Crippen molar-refractivity contribution in [3.63, 3.8) is 0 Å². The van der Waals surface area contributed by atoms with Gasteiger partial charge in [0, 0.05) is 23.2 Å². The van der Waals surface area contributed by atoms with E-state index in [1.807, 2.05) is 12.3 Å². The second-order valence-electron chi connectivity index (χ2n) is 6.33. The molecule has 1 aromatic heterocycles. The predicted octanol–water partition coefficient (Wildman–Crippen LogP) is 3.36. The number of sulfonamides is 1. The average Bonchev–Trinajstić information content (AvgIpc) is 3.23. The van der Waals surface area contributed by atoms with Gasteiger partial charge in [0.15, 0.2) is 11.5 Å². The standard InChI is InChI=1S/C17H21FN2O4S2/c1-11-10-25-16(19-11)17(6-4-5-7-17)20-26(21,22)15-9-14(24-3)13(23-2)8-12(15)18/h8-10,20H,4-7H2,1-3H3. The first-order chi connectivity index (χ1) is 12.3. The van der Waals surface area contributed by atoms with Crippen molar-refractivity contribution in [1.82, 2.24) is 9.71 Å². The molecule has 1 aliphatic carbocycles. The van der Waals surface area contributed by atoms with Crippen LogP contribution in [0.4, 0.5) is 4.39 Å². The lowest BCUT2D eigenvalue weighted by atomic mass is 10.0. The molecule has 0 bridgehead atoms. The molecule has 0 spiro atoms. The normalized spacial score (nSPS) is 16.6. The summed E-state index contributed by atoms with van der Waals surface area (Å²) in [6, 6.07) is 2.16. The number of hydrogen-bond acceptors (Lipinski definition) is 6. The number of thiazole rings is 1. The van der Waals surface area contributed by atoms with Crippen LogP contribution in [-0.2, 0) is 15.6 Å². The van der Waals surface area contributed by atoms with Gasteiger partial charge in [0.1, 0.15) is 15.7 Å². The van der Waals surface area contributed by atoms with Crippen LogP contribution in [0, 0.1) is 12.7 Å². The first kappa shape index (κ1) is 19.1. The topological polar surface area (TPSA) is 77.5 Å². The third-order valence-electron chi connectivity index (χ3n) is 4.54. The number of benzene rings is 1. The van der Waals surface area contributed by atoms with Crippen molar-refractivity contribution in [2.24, 2.45) is 0 Å². The van der Waals surface area contributed by atoms with Gasteiger partial charge in [0.2, 0.25) is 10.0 Å². The molecule has 142 valence electrons. The summed E-state index contributed by atoms with van der Waals surface area (Å²) in [5.74, 6) is -0.603. The van der Waals surface area contributed by atoms with Crippen LogP contribution < -0.4 is 14.2 Å². The second kappa shape index (κ2) is 7.13. The van der Waals surface area contributed by atoms with Gasteiger partial charge in [-0.3, -0.25) is 0 Å². The van der Waals surface area contributed by atoms with Gasteiger partial charge in [-0.2, -0.15) is 4.72 Å². The van der Waals surface area contributed by atoms with Gasteiger partial charge >= 0.3 is 0 Å². The molecule has 0 aliphatic heterocycles. The molecule has 1 heterocycles. The molecular weight excluding hydrogens is 379 g/mol. The number of halogens is 1. The second-order valence-corrected chi connectivity index (χ2v) is 8.84. The molecule has 26 heavy (non-hydrogen) atoms. The Kier molecular flexibility index (Phi) is 5.23. The van der Waals surface area contributed by atoms with Crippen LogP contribution in [0.1, 0.15) is 36.4 Å². The Labute approximate surface area is 156 Å². The fraction of sp³-hybridized carbons (Fsp3) is 0.471. The molecule has 0 saturated heterocycles. The summed E-state index contributed by atoms with van der Waals surface area (Å²) >= 11 is 1.42. The van der Waals surface area contributed by atoms with Crippen molar-refractivity contribution in [2.75, 3.05) is 14.2 Å². The lowest BCUT2D eigenvalue weighted by Crippen LogP contribution is -2.44. The Bertz CT molecular complexity index is 905. The quantitative estimate of drug-likeness (QED) is 0.805. The third-order valence-corrected chi connectivity index (χ3v) is 7.26. The maximum atomic E-state index is 14.5.